The highest BCUT2D eigenvalue weighted by molar-refractivity contribution is 6.09. The molecule has 1 aromatic carbocycles. The fourth-order valence-corrected chi connectivity index (χ4v) is 4.25. The van der Waals surface area contributed by atoms with Gasteiger partial charge in [-0.3, -0.25) is 4.79 Å². The summed E-state index contributed by atoms with van der Waals surface area (Å²) in [4.78, 5) is 17.5. The van der Waals surface area contributed by atoms with Crippen molar-refractivity contribution in [2.75, 3.05) is 5.32 Å². The quantitative estimate of drug-likeness (QED) is 0.381. The van der Waals surface area contributed by atoms with E-state index in [1.807, 2.05) is 48.3 Å². The third-order valence-electron chi connectivity index (χ3n) is 6.70. The Bertz CT molecular complexity index is 1630. The lowest BCUT2D eigenvalue weighted by Crippen LogP contribution is -2.12. The number of benzene rings is 1. The van der Waals surface area contributed by atoms with Crippen LogP contribution in [0.1, 0.15) is 53.0 Å². The highest BCUT2D eigenvalue weighted by Gasteiger charge is 2.43. The Labute approximate surface area is 204 Å². The van der Waals surface area contributed by atoms with E-state index in [0.717, 1.165) is 29.7 Å². The van der Waals surface area contributed by atoms with Crippen LogP contribution < -0.4 is 5.32 Å². The molecule has 2 aliphatic rings. The Hall–Kier alpha value is -4.41. The molecule has 4 heterocycles. The van der Waals surface area contributed by atoms with Crippen molar-refractivity contribution >= 4 is 17.1 Å². The summed E-state index contributed by atoms with van der Waals surface area (Å²) in [5.41, 5.74) is 4.92. The van der Waals surface area contributed by atoms with Gasteiger partial charge in [0.1, 0.15) is 11.9 Å². The van der Waals surface area contributed by atoms with E-state index in [0.29, 0.717) is 46.5 Å². The normalized spacial score (nSPS) is 19.1. The number of aryl methyl sites for hydroxylation is 1. The number of pyridine rings is 1. The molecule has 0 radical (unpaired) electrons. The van der Waals surface area contributed by atoms with Crippen molar-refractivity contribution in [1.29, 1.82) is 0 Å². The molecule has 1 amide bonds. The average molecular weight is 484 g/mol. The first kappa shape index (κ1) is 20.9. The Morgan fingerprint density at radius 1 is 1.17 bits per heavy atom. The zero-order valence-electron chi connectivity index (χ0n) is 19.3. The topological polar surface area (TPSA) is 116 Å². The molecule has 2 aliphatic carbocycles. The second-order valence-corrected chi connectivity index (χ2v) is 9.42. The number of aromatic nitrogens is 7. The van der Waals surface area contributed by atoms with Crippen LogP contribution in [0.25, 0.3) is 28.2 Å². The van der Waals surface area contributed by atoms with Crippen LogP contribution in [0.3, 0.4) is 0 Å². The monoisotopic (exact) mass is 484 g/mol. The number of anilines is 1. The molecule has 10 nitrogen and oxygen atoms in total. The Morgan fingerprint density at radius 3 is 2.81 bits per heavy atom. The molecule has 2 atom stereocenters. The van der Waals surface area contributed by atoms with Crippen LogP contribution in [0.15, 0.2) is 53.4 Å². The fourth-order valence-electron chi connectivity index (χ4n) is 4.25. The van der Waals surface area contributed by atoms with Crippen molar-refractivity contribution in [2.45, 2.75) is 44.3 Å². The van der Waals surface area contributed by atoms with Gasteiger partial charge in [0.05, 0.1) is 35.4 Å². The molecule has 1 N–H and O–H groups in total. The van der Waals surface area contributed by atoms with Gasteiger partial charge in [0.25, 0.3) is 5.91 Å². The van der Waals surface area contributed by atoms with Gasteiger partial charge >= 0.3 is 0 Å². The minimum Gasteiger partial charge on any atom is -0.339 e. The first-order chi connectivity index (χ1) is 17.5. The van der Waals surface area contributed by atoms with Gasteiger partial charge in [-0.1, -0.05) is 22.5 Å². The summed E-state index contributed by atoms with van der Waals surface area (Å²) in [5, 5.41) is 19.8. The number of nitrogens with zero attached hydrogens (tertiary/aromatic N) is 7. The lowest BCUT2D eigenvalue weighted by Gasteiger charge is -2.09. The second kappa shape index (κ2) is 7.80. The number of fused-ring (bicyclic) bond motifs is 1. The maximum Gasteiger partial charge on any atom is 0.259 e. The SMILES string of the molecule is Cc1ccc(-c2noc([C@H]3C[C@@H]3F)n2)cc1NC(=O)c1cnn2cc(-c3cn(C4CC4)nn3)ccc12. The second-order valence-electron chi connectivity index (χ2n) is 9.42. The van der Waals surface area contributed by atoms with E-state index < -0.39 is 6.17 Å². The lowest BCUT2D eigenvalue weighted by atomic mass is 10.1. The zero-order valence-corrected chi connectivity index (χ0v) is 19.3. The summed E-state index contributed by atoms with van der Waals surface area (Å²) < 4.78 is 22.1. The van der Waals surface area contributed by atoms with Crippen LogP contribution in [0.4, 0.5) is 10.1 Å². The molecule has 36 heavy (non-hydrogen) atoms. The third kappa shape index (κ3) is 3.63. The molecular weight excluding hydrogens is 463 g/mol. The van der Waals surface area contributed by atoms with Crippen molar-refractivity contribution in [3.8, 4) is 22.6 Å². The van der Waals surface area contributed by atoms with Gasteiger partial charge in [0, 0.05) is 23.0 Å². The summed E-state index contributed by atoms with van der Waals surface area (Å²) in [6.07, 6.45) is 7.11. The minimum atomic E-state index is -0.912. The number of hydrogen-bond donors (Lipinski definition) is 1. The Morgan fingerprint density at radius 2 is 2.00 bits per heavy atom. The molecule has 0 spiro atoms. The van der Waals surface area contributed by atoms with Crippen LogP contribution in [-0.2, 0) is 0 Å². The Kier molecular flexibility index (Phi) is 4.53. The van der Waals surface area contributed by atoms with Crippen LogP contribution in [0.2, 0.25) is 0 Å². The number of alkyl halides is 1. The van der Waals surface area contributed by atoms with E-state index in [-0.39, 0.29) is 11.8 Å². The van der Waals surface area contributed by atoms with Crippen molar-refractivity contribution in [1.82, 2.24) is 34.7 Å². The molecule has 11 heteroatoms. The van der Waals surface area contributed by atoms with Gasteiger partial charge < -0.3 is 9.84 Å². The molecule has 0 bridgehead atoms. The molecule has 2 fully saturated rings. The first-order valence-corrected chi connectivity index (χ1v) is 11.8. The molecule has 0 aliphatic heterocycles. The van der Waals surface area contributed by atoms with Gasteiger partial charge in [-0.05, 0) is 49.9 Å². The van der Waals surface area contributed by atoms with Gasteiger partial charge in [-0.15, -0.1) is 5.10 Å². The van der Waals surface area contributed by atoms with Gasteiger partial charge in [0.2, 0.25) is 11.7 Å². The van der Waals surface area contributed by atoms with Crippen LogP contribution >= 0.6 is 0 Å². The predicted molar refractivity (Wildman–Crippen MR) is 127 cm³/mol. The van der Waals surface area contributed by atoms with E-state index in [4.69, 9.17) is 4.52 Å². The number of nitrogens with one attached hydrogen (secondary N) is 1. The predicted octanol–water partition coefficient (Wildman–Crippen LogP) is 4.36. The number of carbonyl (C=O) groups excluding carboxylic acids is 1. The van der Waals surface area contributed by atoms with E-state index in [1.54, 1.807) is 16.8 Å². The summed E-state index contributed by atoms with van der Waals surface area (Å²) in [6.45, 7) is 1.90. The van der Waals surface area contributed by atoms with E-state index >= 15 is 0 Å². The van der Waals surface area contributed by atoms with Crippen molar-refractivity contribution in [2.24, 2.45) is 0 Å². The van der Waals surface area contributed by atoms with Crippen LogP contribution in [0, 0.1) is 6.92 Å². The molecule has 5 aromatic rings. The molecule has 2 saturated carbocycles. The van der Waals surface area contributed by atoms with E-state index in [1.165, 1.54) is 0 Å². The fraction of sp³-hybridized carbons (Fsp3) is 0.280. The van der Waals surface area contributed by atoms with E-state index in [2.05, 4.69) is 30.9 Å². The zero-order chi connectivity index (χ0) is 24.4. The first-order valence-electron chi connectivity index (χ1n) is 11.8. The van der Waals surface area contributed by atoms with Crippen molar-refractivity contribution < 1.29 is 13.7 Å². The molecular formula is C25H21FN8O2. The van der Waals surface area contributed by atoms with Gasteiger partial charge in [0.15, 0.2) is 0 Å². The molecule has 7 rings (SSSR count). The van der Waals surface area contributed by atoms with Crippen LogP contribution in [0.5, 0.6) is 0 Å². The van der Waals surface area contributed by atoms with Gasteiger partial charge in [-0.2, -0.15) is 10.1 Å². The third-order valence-corrected chi connectivity index (χ3v) is 6.70. The maximum absolute atomic E-state index is 13.3. The minimum absolute atomic E-state index is 0.287. The summed E-state index contributed by atoms with van der Waals surface area (Å²) in [6, 6.07) is 9.72. The molecule has 4 aromatic heterocycles. The number of amides is 1. The smallest absolute Gasteiger partial charge is 0.259 e. The van der Waals surface area contributed by atoms with Crippen molar-refractivity contribution in [3.05, 3.63) is 65.9 Å². The number of hydrogen-bond acceptors (Lipinski definition) is 7. The number of halogens is 1. The van der Waals surface area contributed by atoms with Gasteiger partial charge in [-0.25, -0.2) is 13.6 Å². The summed E-state index contributed by atoms with van der Waals surface area (Å²) in [5.74, 6) is 0.0769. The summed E-state index contributed by atoms with van der Waals surface area (Å²) in [7, 11) is 0. The standard InChI is InChI=1S/C25H21FN8O2/c1-13-2-3-14(23-29-25(36-31-23)17-9-19(17)26)8-20(13)28-24(35)18-10-27-34-11-15(4-7-22(18)34)21-12-33(32-30-21)16-5-6-16/h2-4,7-8,10-12,16-17,19H,5-6,9H2,1H3,(H,28,35)/t17-,19-/m0/s1. The Balaban J connectivity index is 1.13. The number of carbonyl (C=O) groups is 1. The molecule has 0 saturated heterocycles. The van der Waals surface area contributed by atoms with Crippen LogP contribution in [-0.4, -0.2) is 46.8 Å². The largest absolute Gasteiger partial charge is 0.339 e. The highest BCUT2D eigenvalue weighted by Crippen LogP contribution is 2.43. The van der Waals surface area contributed by atoms with E-state index in [9.17, 15) is 9.18 Å². The summed E-state index contributed by atoms with van der Waals surface area (Å²) >= 11 is 0. The molecule has 180 valence electrons. The average Bonchev–Trinajstić information content (AvgIpc) is 3.65. The highest BCUT2D eigenvalue weighted by atomic mass is 19.1. The van der Waals surface area contributed by atoms with Crippen molar-refractivity contribution in [3.63, 3.8) is 0 Å². The number of rotatable bonds is 6. The lowest BCUT2D eigenvalue weighted by molar-refractivity contribution is 0.102. The molecule has 0 unspecified atom stereocenters. The maximum atomic E-state index is 13.3.